The summed E-state index contributed by atoms with van der Waals surface area (Å²) in [7, 11) is -2.34. The maximum atomic E-state index is 13.2. The van der Waals surface area contributed by atoms with Crippen LogP contribution in [-0.4, -0.2) is 47.8 Å². The first-order chi connectivity index (χ1) is 18.0. The van der Waals surface area contributed by atoms with Crippen LogP contribution >= 0.6 is 0 Å². The number of rotatable bonds is 12. The highest BCUT2D eigenvalue weighted by molar-refractivity contribution is 7.92. The number of aromatic nitrogens is 4. The molecule has 2 aromatic heterocycles. The van der Waals surface area contributed by atoms with E-state index in [1.54, 1.807) is 42.7 Å². The van der Waals surface area contributed by atoms with Gasteiger partial charge in [0, 0.05) is 12.4 Å². The molecule has 0 aliphatic heterocycles. The van der Waals surface area contributed by atoms with E-state index in [4.69, 9.17) is 14.2 Å². The largest absolute Gasteiger partial charge is 0.493 e. The highest BCUT2D eigenvalue weighted by Gasteiger charge is 2.25. The molecule has 0 saturated carbocycles. The van der Waals surface area contributed by atoms with Gasteiger partial charge < -0.3 is 14.2 Å². The quantitative estimate of drug-likeness (QED) is 0.287. The Balaban J connectivity index is 1.77. The molecule has 0 saturated heterocycles. The van der Waals surface area contributed by atoms with Gasteiger partial charge in [-0.05, 0) is 36.6 Å². The molecular weight excluding hydrogens is 494 g/mol. The van der Waals surface area contributed by atoms with E-state index in [9.17, 15) is 8.42 Å². The van der Waals surface area contributed by atoms with Crippen LogP contribution < -0.4 is 18.9 Å². The van der Waals surface area contributed by atoms with Crippen LogP contribution in [0.4, 0.5) is 5.82 Å². The number of nitrogens with one attached hydrogen (secondary N) is 1. The lowest BCUT2D eigenvalue weighted by Crippen LogP contribution is -2.20. The Bertz CT molecular complexity index is 1420. The van der Waals surface area contributed by atoms with E-state index in [0.29, 0.717) is 30.9 Å². The predicted molar refractivity (Wildman–Crippen MR) is 139 cm³/mol. The number of methoxy groups -OCH3 is 1. The molecule has 0 radical (unpaired) electrons. The molecule has 37 heavy (non-hydrogen) atoms. The van der Waals surface area contributed by atoms with Crippen LogP contribution in [0, 0.1) is 0 Å². The average molecular weight is 522 g/mol. The Morgan fingerprint density at radius 3 is 2.27 bits per heavy atom. The highest BCUT2D eigenvalue weighted by atomic mass is 32.2. The number of benzene rings is 2. The van der Waals surface area contributed by atoms with Gasteiger partial charge in [0.2, 0.25) is 21.6 Å². The van der Waals surface area contributed by atoms with Crippen molar-refractivity contribution >= 4 is 15.8 Å². The van der Waals surface area contributed by atoms with Gasteiger partial charge in [0.1, 0.15) is 0 Å². The summed E-state index contributed by atoms with van der Waals surface area (Å²) in [5.41, 5.74) is 0.895. The van der Waals surface area contributed by atoms with E-state index in [-0.39, 0.29) is 34.8 Å². The molecule has 0 unspecified atom stereocenters. The Morgan fingerprint density at radius 1 is 0.865 bits per heavy atom. The Labute approximate surface area is 215 Å². The minimum absolute atomic E-state index is 0.000849. The normalized spacial score (nSPS) is 11.1. The summed E-state index contributed by atoms with van der Waals surface area (Å²) in [5, 5.41) is 0. The molecule has 0 aliphatic carbocycles. The van der Waals surface area contributed by atoms with Crippen LogP contribution in [0.1, 0.15) is 18.9 Å². The van der Waals surface area contributed by atoms with Gasteiger partial charge in [-0.2, -0.15) is 4.98 Å². The molecule has 2 aromatic carbocycles. The van der Waals surface area contributed by atoms with Gasteiger partial charge in [-0.15, -0.1) is 0 Å². The van der Waals surface area contributed by atoms with Gasteiger partial charge in [-0.3, -0.25) is 4.72 Å². The van der Waals surface area contributed by atoms with Crippen molar-refractivity contribution in [3.8, 4) is 34.8 Å². The van der Waals surface area contributed by atoms with Gasteiger partial charge in [-0.25, -0.2) is 23.4 Å². The summed E-state index contributed by atoms with van der Waals surface area (Å²) in [6, 6.07) is 18.0. The lowest BCUT2D eigenvalue weighted by Gasteiger charge is -2.18. The number of anilines is 1. The van der Waals surface area contributed by atoms with Crippen LogP contribution in [0.2, 0.25) is 0 Å². The Hall–Kier alpha value is -4.25. The molecule has 4 rings (SSSR count). The zero-order valence-electron chi connectivity index (χ0n) is 20.5. The van der Waals surface area contributed by atoms with E-state index in [1.165, 1.54) is 7.11 Å². The van der Waals surface area contributed by atoms with Gasteiger partial charge in [0.15, 0.2) is 23.1 Å². The van der Waals surface area contributed by atoms with E-state index in [1.807, 2.05) is 37.3 Å². The number of hydrogen-bond acceptors (Lipinski definition) is 9. The van der Waals surface area contributed by atoms with Crippen LogP contribution in [-0.2, 0) is 16.4 Å². The van der Waals surface area contributed by atoms with Gasteiger partial charge in [-0.1, -0.05) is 49.4 Å². The molecule has 4 aromatic rings. The van der Waals surface area contributed by atoms with Gasteiger partial charge >= 0.3 is 0 Å². The molecule has 0 amide bonds. The third kappa shape index (κ3) is 6.91. The van der Waals surface area contributed by atoms with Crippen molar-refractivity contribution in [2.45, 2.75) is 19.8 Å². The predicted octanol–water partition coefficient (Wildman–Crippen LogP) is 4.51. The number of sulfonamides is 1. The van der Waals surface area contributed by atoms with Crippen molar-refractivity contribution in [3.63, 3.8) is 0 Å². The maximum absolute atomic E-state index is 13.2. The fourth-order valence-corrected chi connectivity index (χ4v) is 4.35. The lowest BCUT2D eigenvalue weighted by atomic mass is 10.2. The number of para-hydroxylation sites is 2. The number of aryl methyl sites for hydroxylation is 1. The van der Waals surface area contributed by atoms with Crippen molar-refractivity contribution < 1.29 is 22.6 Å². The second kappa shape index (κ2) is 12.1. The van der Waals surface area contributed by atoms with Crippen LogP contribution in [0.3, 0.4) is 0 Å². The van der Waals surface area contributed by atoms with Crippen molar-refractivity contribution in [2.75, 3.05) is 24.2 Å². The lowest BCUT2D eigenvalue weighted by molar-refractivity contribution is 0.287. The van der Waals surface area contributed by atoms with Crippen molar-refractivity contribution in [1.82, 2.24) is 19.9 Å². The zero-order valence-corrected chi connectivity index (χ0v) is 21.3. The summed E-state index contributed by atoms with van der Waals surface area (Å²) in [6.45, 7) is 2.25. The van der Waals surface area contributed by atoms with E-state index >= 15 is 0 Å². The van der Waals surface area contributed by atoms with Crippen LogP contribution in [0.5, 0.6) is 23.1 Å². The molecule has 11 heteroatoms. The molecular formula is C26H27N5O5S. The summed E-state index contributed by atoms with van der Waals surface area (Å²) >= 11 is 0. The molecule has 10 nitrogen and oxygen atoms in total. The molecule has 1 N–H and O–H groups in total. The number of ether oxygens (including phenoxy) is 3. The fraction of sp³-hybridized carbons (Fsp3) is 0.231. The number of nitrogens with zero attached hydrogens (tertiary/aromatic N) is 4. The first kappa shape index (κ1) is 25.8. The SMILES string of the molecule is CCCOc1nc(-c2ncccn2)nc(NS(=O)(=O)CCc2ccccc2)c1Oc1ccccc1OC. The zero-order chi connectivity index (χ0) is 26.1. The first-order valence-electron chi connectivity index (χ1n) is 11.7. The fourth-order valence-electron chi connectivity index (χ4n) is 3.31. The van der Waals surface area contributed by atoms with Crippen molar-refractivity contribution in [2.24, 2.45) is 0 Å². The first-order valence-corrected chi connectivity index (χ1v) is 13.3. The monoisotopic (exact) mass is 521 g/mol. The van der Waals surface area contributed by atoms with Gasteiger partial charge in [0.25, 0.3) is 5.88 Å². The van der Waals surface area contributed by atoms with E-state index in [2.05, 4.69) is 24.7 Å². The highest BCUT2D eigenvalue weighted by Crippen LogP contribution is 2.41. The molecule has 0 fully saturated rings. The maximum Gasteiger partial charge on any atom is 0.263 e. The third-order valence-electron chi connectivity index (χ3n) is 5.08. The van der Waals surface area contributed by atoms with Crippen LogP contribution in [0.25, 0.3) is 11.6 Å². The minimum Gasteiger partial charge on any atom is -0.493 e. The topological polar surface area (TPSA) is 125 Å². The Kier molecular flexibility index (Phi) is 8.47. The van der Waals surface area contributed by atoms with Crippen molar-refractivity contribution in [1.29, 1.82) is 0 Å². The molecule has 192 valence electrons. The second-order valence-electron chi connectivity index (χ2n) is 7.86. The average Bonchev–Trinajstić information content (AvgIpc) is 2.93. The summed E-state index contributed by atoms with van der Waals surface area (Å²) in [4.78, 5) is 17.3. The summed E-state index contributed by atoms with van der Waals surface area (Å²) < 4.78 is 46.2. The van der Waals surface area contributed by atoms with E-state index < -0.39 is 10.0 Å². The summed E-state index contributed by atoms with van der Waals surface area (Å²) in [6.07, 6.45) is 4.09. The smallest absolute Gasteiger partial charge is 0.263 e. The molecule has 0 bridgehead atoms. The molecule has 0 spiro atoms. The van der Waals surface area contributed by atoms with Crippen LogP contribution in [0.15, 0.2) is 73.1 Å². The second-order valence-corrected chi connectivity index (χ2v) is 9.70. The number of hydrogen-bond donors (Lipinski definition) is 1. The molecule has 0 atom stereocenters. The minimum atomic E-state index is -3.85. The standard InChI is InChI=1S/C26H27N5O5S/c1-3-17-35-26-22(36-21-13-8-7-12-20(21)34-2)23(29-25(30-26)24-27-15-9-16-28-24)31-37(32,33)18-14-19-10-5-4-6-11-19/h4-13,15-16H,3,14,17-18H2,1-2H3,(H,29,30,31). The van der Waals surface area contributed by atoms with Gasteiger partial charge in [0.05, 0.1) is 19.5 Å². The van der Waals surface area contributed by atoms with E-state index in [0.717, 1.165) is 5.56 Å². The molecule has 0 aliphatic rings. The van der Waals surface area contributed by atoms with Crippen molar-refractivity contribution in [3.05, 3.63) is 78.6 Å². The summed E-state index contributed by atoms with van der Waals surface area (Å²) in [5.74, 6) is 0.851. The third-order valence-corrected chi connectivity index (χ3v) is 6.32. The Morgan fingerprint density at radius 2 is 1.57 bits per heavy atom. The molecule has 2 heterocycles.